The zero-order valence-electron chi connectivity index (χ0n) is 10.5. The van der Waals surface area contributed by atoms with Crippen LogP contribution in [-0.4, -0.2) is 28.5 Å². The average molecular weight is 250 g/mol. The minimum Gasteiger partial charge on any atom is -0.356 e. The molecule has 1 amide bonds. The highest BCUT2D eigenvalue weighted by Gasteiger charge is 2.21. The third-order valence-electron chi connectivity index (χ3n) is 2.96. The molecule has 98 valence electrons. The highest BCUT2D eigenvalue weighted by molar-refractivity contribution is 5.80. The zero-order chi connectivity index (χ0) is 13.0. The minimum atomic E-state index is -0.199. The second kappa shape index (κ2) is 5.66. The van der Waals surface area contributed by atoms with Crippen LogP contribution < -0.4 is 16.2 Å². The number of rotatable bonds is 6. The van der Waals surface area contributed by atoms with E-state index >= 15 is 0 Å². The van der Waals surface area contributed by atoms with E-state index in [-0.39, 0.29) is 23.8 Å². The molecule has 2 rings (SSSR count). The standard InChI is InChI=1S/C12H18N4O2/c1-2-16-6-5-13-11(12(16)18)15-8-10(17)14-7-9-3-4-9/h5-6,9H,2-4,7-8H2,1H3,(H,13,15)(H,14,17). The highest BCUT2D eigenvalue weighted by Crippen LogP contribution is 2.27. The lowest BCUT2D eigenvalue weighted by molar-refractivity contribution is -0.119. The van der Waals surface area contributed by atoms with Crippen LogP contribution in [0.1, 0.15) is 19.8 Å². The van der Waals surface area contributed by atoms with E-state index in [1.165, 1.54) is 17.4 Å². The minimum absolute atomic E-state index is 0.0860. The van der Waals surface area contributed by atoms with Gasteiger partial charge in [0.25, 0.3) is 5.56 Å². The molecule has 6 nitrogen and oxygen atoms in total. The molecule has 1 aromatic heterocycles. The Balaban J connectivity index is 1.85. The molecule has 1 fully saturated rings. The Kier molecular flexibility index (Phi) is 3.96. The van der Waals surface area contributed by atoms with E-state index in [1.807, 2.05) is 6.92 Å². The fraction of sp³-hybridized carbons (Fsp3) is 0.583. The Morgan fingerprint density at radius 3 is 3.00 bits per heavy atom. The molecular weight excluding hydrogens is 232 g/mol. The number of nitrogens with zero attached hydrogens (tertiary/aromatic N) is 2. The van der Waals surface area contributed by atoms with Gasteiger partial charge in [-0.3, -0.25) is 9.59 Å². The van der Waals surface area contributed by atoms with Crippen LogP contribution in [0.25, 0.3) is 0 Å². The van der Waals surface area contributed by atoms with Crippen LogP contribution in [0.5, 0.6) is 0 Å². The van der Waals surface area contributed by atoms with Crippen LogP contribution in [0.15, 0.2) is 17.2 Å². The molecule has 0 radical (unpaired) electrons. The number of carbonyl (C=O) groups excluding carboxylic acids is 1. The first-order chi connectivity index (χ1) is 8.70. The molecule has 1 aliphatic carbocycles. The Morgan fingerprint density at radius 1 is 1.56 bits per heavy atom. The fourth-order valence-corrected chi connectivity index (χ4v) is 1.62. The van der Waals surface area contributed by atoms with Crippen molar-refractivity contribution in [1.29, 1.82) is 0 Å². The average Bonchev–Trinajstić information content (AvgIpc) is 3.19. The number of nitrogens with one attached hydrogen (secondary N) is 2. The highest BCUT2D eigenvalue weighted by atomic mass is 16.2. The number of hydrogen-bond donors (Lipinski definition) is 2. The van der Waals surface area contributed by atoms with Crippen molar-refractivity contribution in [3.8, 4) is 0 Å². The number of anilines is 1. The molecule has 0 saturated heterocycles. The molecule has 1 saturated carbocycles. The molecule has 18 heavy (non-hydrogen) atoms. The molecular formula is C12H18N4O2. The lowest BCUT2D eigenvalue weighted by Gasteiger charge is -2.07. The van der Waals surface area contributed by atoms with Crippen LogP contribution in [0.4, 0.5) is 5.82 Å². The number of aromatic nitrogens is 2. The van der Waals surface area contributed by atoms with Crippen LogP contribution in [0.3, 0.4) is 0 Å². The number of amides is 1. The predicted octanol–water partition coefficient (Wildman–Crippen LogP) is 0.201. The second-order valence-electron chi connectivity index (χ2n) is 4.47. The van der Waals surface area contributed by atoms with Gasteiger partial charge < -0.3 is 15.2 Å². The molecule has 0 aromatic carbocycles. The monoisotopic (exact) mass is 250 g/mol. The van der Waals surface area contributed by atoms with Gasteiger partial charge in [0.2, 0.25) is 5.91 Å². The maximum Gasteiger partial charge on any atom is 0.293 e. The van der Waals surface area contributed by atoms with Gasteiger partial charge in [0, 0.05) is 25.5 Å². The summed E-state index contributed by atoms with van der Waals surface area (Å²) in [7, 11) is 0. The molecule has 0 bridgehead atoms. The van der Waals surface area contributed by atoms with Crippen molar-refractivity contribution >= 4 is 11.7 Å². The van der Waals surface area contributed by atoms with Gasteiger partial charge in [-0.25, -0.2) is 4.98 Å². The van der Waals surface area contributed by atoms with Crippen LogP contribution >= 0.6 is 0 Å². The molecule has 2 N–H and O–H groups in total. The molecule has 1 aromatic rings. The molecule has 0 atom stereocenters. The van der Waals surface area contributed by atoms with Gasteiger partial charge in [0.05, 0.1) is 6.54 Å². The van der Waals surface area contributed by atoms with Crippen LogP contribution in [0.2, 0.25) is 0 Å². The Morgan fingerprint density at radius 2 is 2.33 bits per heavy atom. The summed E-state index contributed by atoms with van der Waals surface area (Å²) in [5, 5.41) is 5.60. The fourth-order valence-electron chi connectivity index (χ4n) is 1.62. The van der Waals surface area contributed by atoms with Crippen molar-refractivity contribution in [3.05, 3.63) is 22.7 Å². The van der Waals surface area contributed by atoms with E-state index in [4.69, 9.17) is 0 Å². The summed E-state index contributed by atoms with van der Waals surface area (Å²) >= 11 is 0. The number of carbonyl (C=O) groups is 1. The van der Waals surface area contributed by atoms with E-state index in [0.29, 0.717) is 12.5 Å². The Hall–Kier alpha value is -1.85. The topological polar surface area (TPSA) is 76.0 Å². The van der Waals surface area contributed by atoms with Crippen LogP contribution in [0, 0.1) is 5.92 Å². The molecule has 1 aliphatic rings. The van der Waals surface area contributed by atoms with Gasteiger partial charge in [-0.1, -0.05) is 0 Å². The van der Waals surface area contributed by atoms with Gasteiger partial charge >= 0.3 is 0 Å². The third-order valence-corrected chi connectivity index (χ3v) is 2.96. The summed E-state index contributed by atoms with van der Waals surface area (Å²) in [6.45, 7) is 3.29. The first-order valence-electron chi connectivity index (χ1n) is 6.26. The van der Waals surface area contributed by atoms with E-state index < -0.39 is 0 Å². The first-order valence-corrected chi connectivity index (χ1v) is 6.26. The normalized spacial score (nSPS) is 14.3. The Bertz CT molecular complexity index is 479. The third kappa shape index (κ3) is 3.32. The molecule has 6 heteroatoms. The molecule has 1 heterocycles. The van der Waals surface area contributed by atoms with E-state index in [0.717, 1.165) is 6.54 Å². The molecule has 0 aliphatic heterocycles. The van der Waals surface area contributed by atoms with Crippen molar-refractivity contribution in [2.75, 3.05) is 18.4 Å². The SMILES string of the molecule is CCn1ccnc(NCC(=O)NCC2CC2)c1=O. The van der Waals surface area contributed by atoms with Crippen molar-refractivity contribution < 1.29 is 4.79 Å². The van der Waals surface area contributed by atoms with Gasteiger partial charge in [-0.15, -0.1) is 0 Å². The summed E-state index contributed by atoms with van der Waals surface area (Å²) in [4.78, 5) is 27.2. The van der Waals surface area contributed by atoms with E-state index in [2.05, 4.69) is 15.6 Å². The first kappa shape index (κ1) is 12.6. The zero-order valence-corrected chi connectivity index (χ0v) is 10.5. The van der Waals surface area contributed by atoms with Crippen molar-refractivity contribution in [2.24, 2.45) is 5.92 Å². The summed E-state index contributed by atoms with van der Waals surface area (Å²) in [6, 6.07) is 0. The summed E-state index contributed by atoms with van der Waals surface area (Å²) in [6.07, 6.45) is 5.58. The number of aryl methyl sites for hydroxylation is 1. The van der Waals surface area contributed by atoms with Crippen molar-refractivity contribution in [2.45, 2.75) is 26.3 Å². The molecule has 0 spiro atoms. The Labute approximate surface area is 105 Å². The lowest BCUT2D eigenvalue weighted by Crippen LogP contribution is -2.33. The quantitative estimate of drug-likeness (QED) is 0.756. The largest absolute Gasteiger partial charge is 0.356 e. The maximum absolute atomic E-state index is 11.8. The van der Waals surface area contributed by atoms with Crippen molar-refractivity contribution in [3.63, 3.8) is 0 Å². The summed E-state index contributed by atoms with van der Waals surface area (Å²) in [5.41, 5.74) is -0.199. The lowest BCUT2D eigenvalue weighted by atomic mass is 10.4. The second-order valence-corrected chi connectivity index (χ2v) is 4.47. The van der Waals surface area contributed by atoms with Crippen LogP contribution in [-0.2, 0) is 11.3 Å². The maximum atomic E-state index is 11.8. The van der Waals surface area contributed by atoms with Gasteiger partial charge in [0.15, 0.2) is 5.82 Å². The van der Waals surface area contributed by atoms with Gasteiger partial charge in [-0.05, 0) is 25.7 Å². The van der Waals surface area contributed by atoms with Gasteiger partial charge in [-0.2, -0.15) is 0 Å². The number of hydrogen-bond acceptors (Lipinski definition) is 4. The predicted molar refractivity (Wildman–Crippen MR) is 68.4 cm³/mol. The van der Waals surface area contributed by atoms with Gasteiger partial charge in [0.1, 0.15) is 0 Å². The van der Waals surface area contributed by atoms with Crippen molar-refractivity contribution in [1.82, 2.24) is 14.9 Å². The van der Waals surface area contributed by atoms with E-state index in [9.17, 15) is 9.59 Å². The molecule has 0 unspecified atom stereocenters. The summed E-state index contributed by atoms with van der Waals surface area (Å²) in [5.74, 6) is 0.775. The smallest absolute Gasteiger partial charge is 0.293 e. The summed E-state index contributed by atoms with van der Waals surface area (Å²) < 4.78 is 1.54. The van der Waals surface area contributed by atoms with E-state index in [1.54, 1.807) is 12.4 Å².